The summed E-state index contributed by atoms with van der Waals surface area (Å²) in [7, 11) is -0.877. The summed E-state index contributed by atoms with van der Waals surface area (Å²) in [6, 6.07) is 8.85. The van der Waals surface area contributed by atoms with Crippen LogP contribution >= 0.6 is 15.9 Å². The molecule has 6 nitrogen and oxygen atoms in total. The SMILES string of the molecule is COc1cc(Br)c(S(=O)(=O)N2CCOC(c3ccc(F)cc3)C2)cc1OC. The maximum absolute atomic E-state index is 13.2. The van der Waals surface area contributed by atoms with E-state index in [0.29, 0.717) is 16.0 Å². The molecule has 9 heteroatoms. The zero-order chi connectivity index (χ0) is 19.6. The minimum absolute atomic E-state index is 0.0832. The zero-order valence-electron chi connectivity index (χ0n) is 14.8. The van der Waals surface area contributed by atoms with E-state index < -0.39 is 16.1 Å². The lowest BCUT2D eigenvalue weighted by atomic mass is 10.1. The Morgan fingerprint density at radius 1 is 1.15 bits per heavy atom. The van der Waals surface area contributed by atoms with Gasteiger partial charge in [0.2, 0.25) is 10.0 Å². The Morgan fingerprint density at radius 2 is 1.78 bits per heavy atom. The molecule has 0 bridgehead atoms. The van der Waals surface area contributed by atoms with E-state index in [2.05, 4.69) is 15.9 Å². The highest BCUT2D eigenvalue weighted by Crippen LogP contribution is 2.37. The van der Waals surface area contributed by atoms with E-state index in [1.165, 1.54) is 36.7 Å². The van der Waals surface area contributed by atoms with Crippen LogP contribution in [0.15, 0.2) is 45.8 Å². The number of benzene rings is 2. The number of halogens is 2. The van der Waals surface area contributed by atoms with Gasteiger partial charge in [-0.05, 0) is 39.7 Å². The van der Waals surface area contributed by atoms with Gasteiger partial charge in [0.25, 0.3) is 0 Å². The summed E-state index contributed by atoms with van der Waals surface area (Å²) in [5.41, 5.74) is 0.725. The van der Waals surface area contributed by atoms with Crippen molar-refractivity contribution in [3.05, 3.63) is 52.3 Å². The standard InChI is InChI=1S/C18H19BrFNO5S/c1-24-15-9-14(19)18(10-16(15)25-2)27(22,23)21-7-8-26-17(11-21)12-3-5-13(20)6-4-12/h3-6,9-10,17H,7-8,11H2,1-2H3. The Labute approximate surface area is 166 Å². The predicted molar refractivity (Wildman–Crippen MR) is 101 cm³/mol. The molecule has 0 saturated carbocycles. The maximum Gasteiger partial charge on any atom is 0.244 e. The van der Waals surface area contributed by atoms with Gasteiger partial charge in [0, 0.05) is 23.6 Å². The summed E-state index contributed by atoms with van der Waals surface area (Å²) in [6.45, 7) is 0.599. The van der Waals surface area contributed by atoms with Gasteiger partial charge in [-0.2, -0.15) is 4.31 Å². The number of nitrogens with zero attached hydrogens (tertiary/aromatic N) is 1. The third kappa shape index (κ3) is 4.11. The van der Waals surface area contributed by atoms with Crippen LogP contribution in [0, 0.1) is 5.82 Å². The third-order valence-corrected chi connectivity index (χ3v) is 7.15. The number of hydrogen-bond donors (Lipinski definition) is 0. The van der Waals surface area contributed by atoms with Gasteiger partial charge in [-0.1, -0.05) is 12.1 Å². The minimum atomic E-state index is -3.80. The van der Waals surface area contributed by atoms with Crippen molar-refractivity contribution < 1.29 is 27.0 Å². The molecule has 3 rings (SSSR count). The molecule has 0 N–H and O–H groups in total. The average Bonchev–Trinajstić information content (AvgIpc) is 2.68. The molecule has 27 heavy (non-hydrogen) atoms. The van der Waals surface area contributed by atoms with Crippen LogP contribution in [0.1, 0.15) is 11.7 Å². The van der Waals surface area contributed by atoms with Crippen LogP contribution in [0.5, 0.6) is 11.5 Å². The fourth-order valence-electron chi connectivity index (χ4n) is 2.90. The molecular weight excluding hydrogens is 441 g/mol. The molecule has 1 aliphatic heterocycles. The lowest BCUT2D eigenvalue weighted by molar-refractivity contribution is -0.00260. The van der Waals surface area contributed by atoms with Gasteiger partial charge in [0.1, 0.15) is 10.7 Å². The van der Waals surface area contributed by atoms with Crippen LogP contribution in [0.3, 0.4) is 0 Å². The molecule has 0 aromatic heterocycles. The van der Waals surface area contributed by atoms with E-state index >= 15 is 0 Å². The van der Waals surface area contributed by atoms with E-state index in [0.717, 1.165) is 5.56 Å². The summed E-state index contributed by atoms with van der Waals surface area (Å²) < 4.78 is 57.4. The van der Waals surface area contributed by atoms with Gasteiger partial charge in [-0.3, -0.25) is 0 Å². The van der Waals surface area contributed by atoms with Crippen LogP contribution in [-0.4, -0.2) is 46.6 Å². The molecule has 2 aromatic carbocycles. The van der Waals surface area contributed by atoms with Crippen LogP contribution in [-0.2, 0) is 14.8 Å². The largest absolute Gasteiger partial charge is 0.493 e. The molecule has 1 fully saturated rings. The summed E-state index contributed by atoms with van der Waals surface area (Å²) in [6.07, 6.45) is -0.465. The summed E-state index contributed by atoms with van der Waals surface area (Å²) >= 11 is 3.31. The molecular formula is C18H19BrFNO5S. The van der Waals surface area contributed by atoms with E-state index in [4.69, 9.17) is 14.2 Å². The van der Waals surface area contributed by atoms with Crippen molar-refractivity contribution in [1.29, 1.82) is 0 Å². The fourth-order valence-corrected chi connectivity index (χ4v) is 5.32. The molecule has 146 valence electrons. The Morgan fingerprint density at radius 3 is 2.41 bits per heavy atom. The van der Waals surface area contributed by atoms with Crippen molar-refractivity contribution in [1.82, 2.24) is 4.31 Å². The van der Waals surface area contributed by atoms with Crippen LogP contribution < -0.4 is 9.47 Å². The topological polar surface area (TPSA) is 65.1 Å². The Kier molecular flexibility index (Phi) is 6.05. The predicted octanol–water partition coefficient (Wildman–Crippen LogP) is 3.37. The molecule has 1 atom stereocenters. The van der Waals surface area contributed by atoms with Crippen molar-refractivity contribution in [2.45, 2.75) is 11.0 Å². The molecule has 0 amide bonds. The number of morpholine rings is 1. The maximum atomic E-state index is 13.2. The molecule has 0 radical (unpaired) electrons. The Bertz CT molecular complexity index is 920. The van der Waals surface area contributed by atoms with Crippen LogP contribution in [0.25, 0.3) is 0 Å². The monoisotopic (exact) mass is 459 g/mol. The quantitative estimate of drug-likeness (QED) is 0.685. The number of rotatable bonds is 5. The van der Waals surface area contributed by atoms with Crippen molar-refractivity contribution in [3.8, 4) is 11.5 Å². The first-order valence-electron chi connectivity index (χ1n) is 8.15. The fraction of sp³-hybridized carbons (Fsp3) is 0.333. The van der Waals surface area contributed by atoms with Crippen molar-refractivity contribution in [2.24, 2.45) is 0 Å². The molecule has 2 aromatic rings. The highest BCUT2D eigenvalue weighted by molar-refractivity contribution is 9.10. The second-order valence-corrected chi connectivity index (χ2v) is 8.67. The lowest BCUT2D eigenvalue weighted by Gasteiger charge is -2.32. The highest BCUT2D eigenvalue weighted by atomic mass is 79.9. The first-order chi connectivity index (χ1) is 12.9. The molecule has 1 saturated heterocycles. The van der Waals surface area contributed by atoms with Gasteiger partial charge in [-0.15, -0.1) is 0 Å². The number of ether oxygens (including phenoxy) is 3. The lowest BCUT2D eigenvalue weighted by Crippen LogP contribution is -2.42. The average molecular weight is 460 g/mol. The van der Waals surface area contributed by atoms with E-state index in [-0.39, 0.29) is 30.4 Å². The molecule has 0 aliphatic carbocycles. The smallest absolute Gasteiger partial charge is 0.244 e. The van der Waals surface area contributed by atoms with Crippen molar-refractivity contribution in [3.63, 3.8) is 0 Å². The number of methoxy groups -OCH3 is 2. The summed E-state index contributed by atoms with van der Waals surface area (Å²) in [5, 5.41) is 0. The van der Waals surface area contributed by atoms with Gasteiger partial charge in [-0.25, -0.2) is 12.8 Å². The summed E-state index contributed by atoms with van der Waals surface area (Å²) in [5.74, 6) is 0.394. The van der Waals surface area contributed by atoms with E-state index in [9.17, 15) is 12.8 Å². The van der Waals surface area contributed by atoms with Gasteiger partial charge < -0.3 is 14.2 Å². The molecule has 1 unspecified atom stereocenters. The first kappa shape index (κ1) is 20.1. The molecule has 1 heterocycles. The van der Waals surface area contributed by atoms with Crippen molar-refractivity contribution in [2.75, 3.05) is 33.9 Å². The van der Waals surface area contributed by atoms with E-state index in [1.54, 1.807) is 18.2 Å². The molecule has 1 aliphatic rings. The number of sulfonamides is 1. The first-order valence-corrected chi connectivity index (χ1v) is 10.4. The third-order valence-electron chi connectivity index (χ3n) is 4.33. The van der Waals surface area contributed by atoms with Gasteiger partial charge in [0.15, 0.2) is 11.5 Å². The number of hydrogen-bond acceptors (Lipinski definition) is 5. The van der Waals surface area contributed by atoms with Crippen LogP contribution in [0.4, 0.5) is 4.39 Å². The van der Waals surface area contributed by atoms with E-state index in [1.807, 2.05) is 0 Å². The van der Waals surface area contributed by atoms with Crippen LogP contribution in [0.2, 0.25) is 0 Å². The normalized spacial score (nSPS) is 18.3. The van der Waals surface area contributed by atoms with Crippen molar-refractivity contribution >= 4 is 26.0 Å². The minimum Gasteiger partial charge on any atom is -0.493 e. The van der Waals surface area contributed by atoms with Gasteiger partial charge in [0.05, 0.1) is 26.9 Å². The zero-order valence-corrected chi connectivity index (χ0v) is 17.2. The highest BCUT2D eigenvalue weighted by Gasteiger charge is 2.33. The second kappa shape index (κ2) is 8.14. The Balaban J connectivity index is 1.91. The molecule has 0 spiro atoms. The second-order valence-electron chi connectivity index (χ2n) is 5.91. The summed E-state index contributed by atoms with van der Waals surface area (Å²) in [4.78, 5) is 0.0832. The van der Waals surface area contributed by atoms with Gasteiger partial charge >= 0.3 is 0 Å². The Hall–Kier alpha value is -1.68.